The molecule has 1 heterocycles. The van der Waals surface area contributed by atoms with Gasteiger partial charge in [-0.3, -0.25) is 4.79 Å². The molecule has 0 fully saturated rings. The average Bonchev–Trinajstić information content (AvgIpc) is 2.81. The van der Waals surface area contributed by atoms with Crippen LogP contribution < -0.4 is 11.1 Å². The number of nitrogens with one attached hydrogen (secondary N) is 1. The number of hydrogen-bond donors (Lipinski definition) is 2. The summed E-state index contributed by atoms with van der Waals surface area (Å²) in [5.41, 5.74) is 6.83. The van der Waals surface area contributed by atoms with Crippen LogP contribution in [0, 0.1) is 0 Å². The van der Waals surface area contributed by atoms with Gasteiger partial charge in [0.05, 0.1) is 0 Å². The van der Waals surface area contributed by atoms with Crippen molar-refractivity contribution in [2.24, 2.45) is 0 Å². The lowest BCUT2D eigenvalue weighted by atomic mass is 10.2. The van der Waals surface area contributed by atoms with Gasteiger partial charge in [-0.15, -0.1) is 0 Å². The molecule has 0 aliphatic rings. The standard InChI is InChI=1S/C13H15BrN4OS/c1-16-13-17-11(15)10(20-13)12(19)18(2)7-8-3-5-9(14)6-4-8/h3-6H,7,15H2,1-2H3,(H,16,17). The lowest BCUT2D eigenvalue weighted by Crippen LogP contribution is -2.26. The van der Waals surface area contributed by atoms with Crippen molar-refractivity contribution >= 4 is 44.1 Å². The van der Waals surface area contributed by atoms with Crippen LogP contribution in [0.2, 0.25) is 0 Å². The molecule has 0 bridgehead atoms. The Labute approximate surface area is 129 Å². The van der Waals surface area contributed by atoms with Crippen molar-refractivity contribution in [3.8, 4) is 0 Å². The predicted octanol–water partition coefficient (Wildman–Crippen LogP) is 2.80. The Morgan fingerprint density at radius 1 is 1.45 bits per heavy atom. The number of benzene rings is 1. The SMILES string of the molecule is CNc1nc(N)c(C(=O)N(C)Cc2ccc(Br)cc2)s1. The summed E-state index contributed by atoms with van der Waals surface area (Å²) >= 11 is 4.65. The van der Waals surface area contributed by atoms with E-state index in [-0.39, 0.29) is 11.7 Å². The molecule has 5 nitrogen and oxygen atoms in total. The summed E-state index contributed by atoms with van der Waals surface area (Å²) in [6, 6.07) is 7.85. The number of hydrogen-bond acceptors (Lipinski definition) is 5. The quantitative estimate of drug-likeness (QED) is 0.885. The van der Waals surface area contributed by atoms with Gasteiger partial charge in [-0.2, -0.15) is 0 Å². The summed E-state index contributed by atoms with van der Waals surface area (Å²) in [7, 11) is 3.50. The molecule has 1 aromatic carbocycles. The number of nitrogen functional groups attached to an aromatic ring is 1. The topological polar surface area (TPSA) is 71.2 Å². The summed E-state index contributed by atoms with van der Waals surface area (Å²) in [5, 5.41) is 3.53. The van der Waals surface area contributed by atoms with Gasteiger partial charge >= 0.3 is 0 Å². The van der Waals surface area contributed by atoms with Crippen molar-refractivity contribution < 1.29 is 4.79 Å². The molecule has 0 radical (unpaired) electrons. The molecule has 20 heavy (non-hydrogen) atoms. The van der Waals surface area contributed by atoms with E-state index in [0.717, 1.165) is 10.0 Å². The number of amides is 1. The van der Waals surface area contributed by atoms with Gasteiger partial charge in [0.15, 0.2) is 5.13 Å². The second-order valence-corrected chi connectivity index (χ2v) is 6.19. The highest BCUT2D eigenvalue weighted by atomic mass is 79.9. The summed E-state index contributed by atoms with van der Waals surface area (Å²) in [6.45, 7) is 0.526. The minimum Gasteiger partial charge on any atom is -0.382 e. The Morgan fingerprint density at radius 2 is 2.10 bits per heavy atom. The molecular formula is C13H15BrN4OS. The molecule has 0 aliphatic heterocycles. The van der Waals surface area contributed by atoms with E-state index < -0.39 is 0 Å². The molecule has 0 saturated heterocycles. The van der Waals surface area contributed by atoms with Crippen LogP contribution in [0.4, 0.5) is 10.9 Å². The fourth-order valence-corrected chi connectivity index (χ4v) is 2.80. The Kier molecular flexibility index (Phi) is 4.61. The van der Waals surface area contributed by atoms with Gasteiger partial charge in [-0.05, 0) is 17.7 Å². The van der Waals surface area contributed by atoms with Gasteiger partial charge in [-0.25, -0.2) is 4.98 Å². The molecule has 1 amide bonds. The number of anilines is 2. The lowest BCUT2D eigenvalue weighted by Gasteiger charge is -2.16. The van der Waals surface area contributed by atoms with Gasteiger partial charge < -0.3 is 16.0 Å². The smallest absolute Gasteiger partial charge is 0.267 e. The maximum absolute atomic E-state index is 12.3. The Balaban J connectivity index is 2.11. The fourth-order valence-electron chi connectivity index (χ4n) is 1.70. The molecule has 0 aliphatic carbocycles. The van der Waals surface area contributed by atoms with Crippen LogP contribution in [-0.4, -0.2) is 29.9 Å². The van der Waals surface area contributed by atoms with Crippen molar-refractivity contribution in [1.82, 2.24) is 9.88 Å². The molecule has 0 atom stereocenters. The number of thiazole rings is 1. The first-order valence-corrected chi connectivity index (χ1v) is 7.56. The number of carbonyl (C=O) groups is 1. The zero-order valence-corrected chi connectivity index (χ0v) is 13.6. The van der Waals surface area contributed by atoms with Crippen LogP contribution in [-0.2, 0) is 6.54 Å². The molecular weight excluding hydrogens is 340 g/mol. The van der Waals surface area contributed by atoms with Crippen molar-refractivity contribution in [1.29, 1.82) is 0 Å². The van der Waals surface area contributed by atoms with Crippen molar-refractivity contribution in [2.45, 2.75) is 6.54 Å². The second kappa shape index (κ2) is 6.23. The zero-order valence-electron chi connectivity index (χ0n) is 11.2. The highest BCUT2D eigenvalue weighted by Crippen LogP contribution is 2.26. The third-order valence-electron chi connectivity index (χ3n) is 2.74. The van der Waals surface area contributed by atoms with Crippen LogP contribution in [0.15, 0.2) is 28.7 Å². The van der Waals surface area contributed by atoms with Gasteiger partial charge in [0.1, 0.15) is 10.7 Å². The number of nitrogens with zero attached hydrogens (tertiary/aromatic N) is 2. The Bertz CT molecular complexity index is 611. The van der Waals surface area contributed by atoms with Crippen LogP contribution >= 0.6 is 27.3 Å². The second-order valence-electron chi connectivity index (χ2n) is 4.27. The maximum atomic E-state index is 12.3. The number of carbonyl (C=O) groups excluding carboxylic acids is 1. The van der Waals surface area contributed by atoms with Crippen molar-refractivity contribution in [2.75, 3.05) is 25.1 Å². The summed E-state index contributed by atoms with van der Waals surface area (Å²) in [6.07, 6.45) is 0. The number of nitrogens with two attached hydrogens (primary N) is 1. The molecule has 2 aromatic rings. The Hall–Kier alpha value is -1.60. The maximum Gasteiger partial charge on any atom is 0.267 e. The largest absolute Gasteiger partial charge is 0.382 e. The molecule has 2 rings (SSSR count). The summed E-state index contributed by atoms with van der Waals surface area (Å²) in [5.74, 6) is 0.149. The van der Waals surface area contributed by atoms with Crippen LogP contribution in [0.5, 0.6) is 0 Å². The van der Waals surface area contributed by atoms with E-state index in [9.17, 15) is 4.79 Å². The molecule has 7 heteroatoms. The molecule has 0 saturated carbocycles. The lowest BCUT2D eigenvalue weighted by molar-refractivity contribution is 0.0790. The van der Waals surface area contributed by atoms with Gasteiger partial charge in [0.2, 0.25) is 0 Å². The molecule has 0 spiro atoms. The summed E-state index contributed by atoms with van der Waals surface area (Å²) < 4.78 is 1.01. The summed E-state index contributed by atoms with van der Waals surface area (Å²) in [4.78, 5) is 18.5. The van der Waals surface area contributed by atoms with Gasteiger partial charge in [0.25, 0.3) is 5.91 Å². The highest BCUT2D eigenvalue weighted by molar-refractivity contribution is 9.10. The minimum atomic E-state index is -0.121. The van der Waals surface area contributed by atoms with E-state index in [1.165, 1.54) is 11.3 Å². The number of rotatable bonds is 4. The zero-order chi connectivity index (χ0) is 14.7. The van der Waals surface area contributed by atoms with Crippen LogP contribution in [0.25, 0.3) is 0 Å². The van der Waals surface area contributed by atoms with E-state index >= 15 is 0 Å². The number of halogens is 1. The minimum absolute atomic E-state index is 0.121. The average molecular weight is 355 g/mol. The third kappa shape index (κ3) is 3.29. The normalized spacial score (nSPS) is 10.3. The highest BCUT2D eigenvalue weighted by Gasteiger charge is 2.19. The van der Waals surface area contributed by atoms with E-state index in [1.54, 1.807) is 19.0 Å². The monoisotopic (exact) mass is 354 g/mol. The van der Waals surface area contributed by atoms with Crippen LogP contribution in [0.3, 0.4) is 0 Å². The van der Waals surface area contributed by atoms with Gasteiger partial charge in [-0.1, -0.05) is 39.4 Å². The molecule has 0 unspecified atom stereocenters. The fraction of sp³-hybridized carbons (Fsp3) is 0.231. The molecule has 1 aromatic heterocycles. The van der Waals surface area contributed by atoms with Crippen molar-refractivity contribution in [3.05, 3.63) is 39.2 Å². The first-order chi connectivity index (χ1) is 9.51. The van der Waals surface area contributed by atoms with Gasteiger partial charge in [0, 0.05) is 25.1 Å². The first kappa shape index (κ1) is 14.8. The Morgan fingerprint density at radius 3 is 2.65 bits per heavy atom. The third-order valence-corrected chi connectivity index (χ3v) is 4.35. The van der Waals surface area contributed by atoms with E-state index in [2.05, 4.69) is 26.2 Å². The first-order valence-electron chi connectivity index (χ1n) is 5.95. The van der Waals surface area contributed by atoms with E-state index in [4.69, 9.17) is 5.73 Å². The van der Waals surface area contributed by atoms with Crippen molar-refractivity contribution in [3.63, 3.8) is 0 Å². The molecule has 106 valence electrons. The van der Waals surface area contributed by atoms with Crippen LogP contribution in [0.1, 0.15) is 15.2 Å². The predicted molar refractivity (Wildman–Crippen MR) is 86.0 cm³/mol. The van der Waals surface area contributed by atoms with E-state index in [1.807, 2.05) is 24.3 Å². The number of aromatic nitrogens is 1. The molecule has 3 N–H and O–H groups in total. The van der Waals surface area contributed by atoms with E-state index in [0.29, 0.717) is 16.6 Å².